The van der Waals surface area contributed by atoms with E-state index in [0.717, 1.165) is 19.0 Å². The lowest BCUT2D eigenvalue weighted by Gasteiger charge is -2.24. The molecule has 0 unspecified atom stereocenters. The van der Waals surface area contributed by atoms with E-state index in [1.54, 1.807) is 48.5 Å². The molecule has 2 aromatic carbocycles. The van der Waals surface area contributed by atoms with Gasteiger partial charge in [-0.25, -0.2) is 4.98 Å². The lowest BCUT2D eigenvalue weighted by atomic mass is 10.2. The number of aromatic nitrogens is 2. The van der Waals surface area contributed by atoms with Gasteiger partial charge in [0.15, 0.2) is 0 Å². The van der Waals surface area contributed by atoms with Gasteiger partial charge in [-0.2, -0.15) is 18.2 Å². The molecule has 0 saturated carbocycles. The van der Waals surface area contributed by atoms with Crippen LogP contribution in [0.3, 0.4) is 0 Å². The number of para-hydroxylation sites is 2. The van der Waals surface area contributed by atoms with E-state index in [1.165, 1.54) is 0 Å². The van der Waals surface area contributed by atoms with Gasteiger partial charge in [0.25, 0.3) is 0 Å². The molecule has 3 rings (SSSR count). The van der Waals surface area contributed by atoms with E-state index in [9.17, 15) is 13.2 Å². The number of hydrogen-bond acceptors (Lipinski definition) is 6. The van der Waals surface area contributed by atoms with Gasteiger partial charge in [-0.1, -0.05) is 25.5 Å². The summed E-state index contributed by atoms with van der Waals surface area (Å²) < 4.78 is 52.5. The van der Waals surface area contributed by atoms with Crippen molar-refractivity contribution < 1.29 is 22.6 Å². The summed E-state index contributed by atoms with van der Waals surface area (Å²) in [4.78, 5) is 7.97. The molecule has 0 aliphatic carbocycles. The van der Waals surface area contributed by atoms with Crippen molar-refractivity contribution in [3.05, 3.63) is 60.3 Å². The molecule has 0 atom stereocenters. The van der Waals surface area contributed by atoms with Crippen LogP contribution in [0, 0.1) is 0 Å². The molecule has 9 heteroatoms. The van der Waals surface area contributed by atoms with Crippen LogP contribution in [0.1, 0.15) is 46.1 Å². The van der Waals surface area contributed by atoms with Crippen LogP contribution in [0.4, 0.5) is 36.3 Å². The summed E-state index contributed by atoms with van der Waals surface area (Å²) in [5.41, 5.74) is -0.537. The van der Waals surface area contributed by atoms with Gasteiger partial charge in [0, 0.05) is 11.9 Å². The van der Waals surface area contributed by atoms with Crippen molar-refractivity contribution in [3.8, 4) is 11.5 Å². The number of hydrogen-bond donors (Lipinski definition) is 2. The lowest BCUT2D eigenvalue weighted by molar-refractivity contribution is -0.137. The molecule has 3 aromatic rings. The van der Waals surface area contributed by atoms with Gasteiger partial charge in [-0.05, 0) is 63.6 Å². The summed E-state index contributed by atoms with van der Waals surface area (Å²) in [5, 5.41) is 5.72. The normalized spacial score (nSPS) is 11.7. The largest absolute Gasteiger partial charge is 0.494 e. The first-order valence-corrected chi connectivity index (χ1v) is 11.0. The van der Waals surface area contributed by atoms with E-state index in [2.05, 4.69) is 27.5 Å². The van der Waals surface area contributed by atoms with Crippen molar-refractivity contribution in [2.45, 2.75) is 52.3 Å². The Labute approximate surface area is 197 Å². The molecule has 34 heavy (non-hydrogen) atoms. The molecule has 0 saturated heterocycles. The number of halogens is 3. The van der Waals surface area contributed by atoms with Crippen LogP contribution in [0.2, 0.25) is 0 Å². The minimum absolute atomic E-state index is 0.0179. The third kappa shape index (κ3) is 7.26. The minimum atomic E-state index is -4.64. The van der Waals surface area contributed by atoms with Crippen molar-refractivity contribution in [2.24, 2.45) is 0 Å². The highest BCUT2D eigenvalue weighted by Gasteiger charge is 2.35. The van der Waals surface area contributed by atoms with Gasteiger partial charge in [0.1, 0.15) is 28.5 Å². The van der Waals surface area contributed by atoms with E-state index in [-0.39, 0.29) is 11.8 Å². The molecule has 0 fully saturated rings. The van der Waals surface area contributed by atoms with Crippen LogP contribution in [0.15, 0.2) is 54.7 Å². The molecule has 1 heterocycles. The van der Waals surface area contributed by atoms with E-state index in [1.807, 2.05) is 20.8 Å². The fourth-order valence-electron chi connectivity index (χ4n) is 2.96. The Morgan fingerprint density at radius 2 is 1.65 bits per heavy atom. The van der Waals surface area contributed by atoms with Gasteiger partial charge in [-0.15, -0.1) is 0 Å². The molecule has 0 radical (unpaired) electrons. The second-order valence-corrected chi connectivity index (χ2v) is 8.64. The summed E-state index contributed by atoms with van der Waals surface area (Å²) in [6.45, 7) is 8.29. The number of alkyl halides is 3. The summed E-state index contributed by atoms with van der Waals surface area (Å²) in [6, 6.07) is 13.8. The number of anilines is 4. The number of rotatable bonds is 9. The van der Waals surface area contributed by atoms with Crippen LogP contribution in [-0.2, 0) is 6.18 Å². The molecule has 0 aliphatic heterocycles. The zero-order valence-corrected chi connectivity index (χ0v) is 19.7. The Balaban J connectivity index is 1.85. The maximum Gasteiger partial charge on any atom is 0.421 e. The van der Waals surface area contributed by atoms with Gasteiger partial charge in [0.2, 0.25) is 5.95 Å². The topological polar surface area (TPSA) is 68.3 Å². The minimum Gasteiger partial charge on any atom is -0.494 e. The molecule has 0 amide bonds. The summed E-state index contributed by atoms with van der Waals surface area (Å²) in [7, 11) is 0. The van der Waals surface area contributed by atoms with Crippen LogP contribution in [-0.4, -0.2) is 22.2 Å². The van der Waals surface area contributed by atoms with Crippen molar-refractivity contribution in [2.75, 3.05) is 17.2 Å². The smallest absolute Gasteiger partial charge is 0.421 e. The maximum absolute atomic E-state index is 13.7. The highest BCUT2D eigenvalue weighted by Crippen LogP contribution is 2.37. The van der Waals surface area contributed by atoms with E-state index >= 15 is 0 Å². The van der Waals surface area contributed by atoms with Crippen LogP contribution >= 0.6 is 0 Å². The van der Waals surface area contributed by atoms with E-state index in [4.69, 9.17) is 9.47 Å². The number of benzene rings is 2. The summed E-state index contributed by atoms with van der Waals surface area (Å²) in [5.74, 6) is 0.763. The molecule has 6 nitrogen and oxygen atoms in total. The van der Waals surface area contributed by atoms with Crippen LogP contribution in [0.25, 0.3) is 0 Å². The van der Waals surface area contributed by atoms with Gasteiger partial charge >= 0.3 is 6.18 Å². The third-order valence-electron chi connectivity index (χ3n) is 4.53. The Morgan fingerprint density at radius 1 is 0.941 bits per heavy atom. The first-order valence-electron chi connectivity index (χ1n) is 11.0. The molecule has 182 valence electrons. The average Bonchev–Trinajstić information content (AvgIpc) is 2.75. The molecular weight excluding hydrogens is 445 g/mol. The fraction of sp³-hybridized carbons (Fsp3) is 0.360. The predicted molar refractivity (Wildman–Crippen MR) is 127 cm³/mol. The Hall–Kier alpha value is -3.49. The Kier molecular flexibility index (Phi) is 7.86. The van der Waals surface area contributed by atoms with E-state index in [0.29, 0.717) is 29.5 Å². The summed E-state index contributed by atoms with van der Waals surface area (Å²) in [6.07, 6.45) is -1.89. The average molecular weight is 475 g/mol. The molecule has 0 bridgehead atoms. The van der Waals surface area contributed by atoms with Crippen LogP contribution < -0.4 is 20.1 Å². The van der Waals surface area contributed by atoms with Gasteiger partial charge in [-0.3, -0.25) is 0 Å². The van der Waals surface area contributed by atoms with Crippen molar-refractivity contribution in [1.29, 1.82) is 0 Å². The van der Waals surface area contributed by atoms with Crippen molar-refractivity contribution >= 4 is 23.1 Å². The van der Waals surface area contributed by atoms with Gasteiger partial charge in [0.05, 0.1) is 12.3 Å². The van der Waals surface area contributed by atoms with Gasteiger partial charge < -0.3 is 20.1 Å². The lowest BCUT2D eigenvalue weighted by Crippen LogP contribution is -2.23. The number of nitrogens with zero attached hydrogens (tertiary/aromatic N) is 2. The Bertz CT molecular complexity index is 1080. The van der Waals surface area contributed by atoms with Crippen molar-refractivity contribution in [1.82, 2.24) is 9.97 Å². The summed E-state index contributed by atoms with van der Waals surface area (Å²) >= 11 is 0. The number of ether oxygens (including phenoxy) is 2. The first-order chi connectivity index (χ1) is 16.0. The number of nitrogens with one attached hydrogen (secondary N) is 2. The highest BCUT2D eigenvalue weighted by atomic mass is 19.4. The fourth-order valence-corrected chi connectivity index (χ4v) is 2.96. The molecule has 1 aromatic heterocycles. The van der Waals surface area contributed by atoms with E-state index < -0.39 is 17.3 Å². The SMILES string of the molecule is CCCCOc1ccc(Nc2ncc(C(F)(F)F)c(Nc3ccccc3OC(C)(C)C)n2)cc1. The third-order valence-corrected chi connectivity index (χ3v) is 4.53. The molecule has 0 spiro atoms. The zero-order valence-electron chi connectivity index (χ0n) is 19.7. The highest BCUT2D eigenvalue weighted by molar-refractivity contribution is 5.67. The molecule has 2 N–H and O–H groups in total. The Morgan fingerprint density at radius 3 is 2.29 bits per heavy atom. The van der Waals surface area contributed by atoms with Crippen LogP contribution in [0.5, 0.6) is 11.5 Å². The number of unbranched alkanes of at least 4 members (excludes halogenated alkanes) is 1. The molecular formula is C25H29F3N4O2. The second kappa shape index (κ2) is 10.6. The monoisotopic (exact) mass is 474 g/mol. The quantitative estimate of drug-likeness (QED) is 0.316. The standard InChI is InChI=1S/C25H29F3N4O2/c1-5-6-15-33-18-13-11-17(12-14-18)30-23-29-16-19(25(26,27)28)22(32-23)31-20-9-7-8-10-21(20)34-24(2,3)4/h7-14,16H,5-6,15H2,1-4H3,(H2,29,30,31,32). The maximum atomic E-state index is 13.7. The predicted octanol–water partition coefficient (Wildman–Crippen LogP) is 7.34. The molecule has 0 aliphatic rings. The zero-order chi connectivity index (χ0) is 24.8. The first kappa shape index (κ1) is 25.1. The van der Waals surface area contributed by atoms with Crippen molar-refractivity contribution in [3.63, 3.8) is 0 Å². The second-order valence-electron chi connectivity index (χ2n) is 8.64.